The number of rotatable bonds is 3. The van der Waals surface area contributed by atoms with Gasteiger partial charge in [0.15, 0.2) is 0 Å². The molecule has 0 atom stereocenters. The molecule has 156 valence electrons. The molecule has 0 aliphatic heterocycles. The number of aromatic nitrogens is 2. The number of hydrogen-bond donors (Lipinski definition) is 0. The summed E-state index contributed by atoms with van der Waals surface area (Å²) in [6, 6.07) is 19.3. The van der Waals surface area contributed by atoms with E-state index in [0.717, 1.165) is 44.3 Å². The molecule has 5 heteroatoms. The minimum absolute atomic E-state index is 0.133. The highest BCUT2D eigenvalue weighted by molar-refractivity contribution is 6.40. The van der Waals surface area contributed by atoms with Crippen molar-refractivity contribution in [3.05, 3.63) is 72.6 Å². The highest BCUT2D eigenvalue weighted by Gasteiger charge is 2.32. The molecule has 1 fully saturated rings. The van der Waals surface area contributed by atoms with E-state index >= 15 is 0 Å². The summed E-state index contributed by atoms with van der Waals surface area (Å²) in [6.45, 7) is 0. The number of nitrogens with zero attached hydrogens (tertiary/aromatic N) is 2. The summed E-state index contributed by atoms with van der Waals surface area (Å²) in [4.78, 5) is 9.34. The van der Waals surface area contributed by atoms with Crippen LogP contribution >= 0.6 is 0 Å². The fourth-order valence-corrected chi connectivity index (χ4v) is 5.69. The van der Waals surface area contributed by atoms with Gasteiger partial charge in [0.2, 0.25) is 5.71 Å². The second-order valence-electron chi connectivity index (χ2n) is 9.79. The van der Waals surface area contributed by atoms with Crippen LogP contribution < -0.4 is 0 Å². The Bertz CT molecular complexity index is 1450. The van der Waals surface area contributed by atoms with Crippen molar-refractivity contribution in [2.75, 3.05) is 0 Å². The molecule has 3 aromatic heterocycles. The minimum Gasteiger partial charge on any atom is -0.437 e. The summed E-state index contributed by atoms with van der Waals surface area (Å²) < 4.78 is 6.28. The molecule has 0 unspecified atom stereocenters. The Morgan fingerprint density at radius 3 is 2.53 bits per heavy atom. The molecule has 0 radical (unpaired) electrons. The molecule has 0 amide bonds. The van der Waals surface area contributed by atoms with Gasteiger partial charge in [0.1, 0.15) is 21.3 Å². The van der Waals surface area contributed by atoms with Crippen LogP contribution in [0, 0.1) is 5.92 Å². The molecule has 1 aliphatic carbocycles. The fourth-order valence-electron chi connectivity index (χ4n) is 5.69. The number of fused-ring (bicyclic) bond motifs is 5. The first kappa shape index (κ1) is 19.6. The first-order valence-corrected chi connectivity index (χ1v) is 11.8. The Labute approximate surface area is 190 Å². The van der Waals surface area contributed by atoms with E-state index in [9.17, 15) is 0 Å². The monoisotopic (exact) mass is 416 g/mol. The van der Waals surface area contributed by atoms with Gasteiger partial charge in [-0.15, -0.1) is 0 Å². The maximum atomic E-state index is 6.28. The van der Waals surface area contributed by atoms with Crippen molar-refractivity contribution in [1.29, 1.82) is 0 Å². The summed E-state index contributed by atoms with van der Waals surface area (Å²) in [6.07, 6.45) is 10.5. The van der Waals surface area contributed by atoms with Crippen molar-refractivity contribution in [2.24, 2.45) is 5.92 Å². The molecule has 2 aromatic carbocycles. The van der Waals surface area contributed by atoms with Crippen LogP contribution in [0.3, 0.4) is 0 Å². The lowest BCUT2D eigenvalue weighted by Gasteiger charge is -2.38. The van der Waals surface area contributed by atoms with Gasteiger partial charge in [0, 0.05) is 34.1 Å². The summed E-state index contributed by atoms with van der Waals surface area (Å²) in [5.41, 5.74) is 5.08. The number of hydrogen-bond acceptors (Lipinski definition) is 3. The minimum atomic E-state index is 0.133. The van der Waals surface area contributed by atoms with E-state index in [-0.39, 0.29) is 5.21 Å². The summed E-state index contributed by atoms with van der Waals surface area (Å²) in [7, 11) is 4.82. The Kier molecular flexibility index (Phi) is 4.60. The number of furan rings is 1. The highest BCUT2D eigenvalue weighted by atomic mass is 16.3. The molecule has 6 rings (SSSR count). The van der Waals surface area contributed by atoms with Gasteiger partial charge >= 0.3 is 0 Å². The highest BCUT2D eigenvalue weighted by Crippen LogP contribution is 2.42. The second kappa shape index (κ2) is 7.51. The number of benzene rings is 2. The van der Waals surface area contributed by atoms with Crippen LogP contribution in [0.25, 0.3) is 44.1 Å². The van der Waals surface area contributed by atoms with Gasteiger partial charge in [-0.2, -0.15) is 0 Å². The zero-order valence-electron chi connectivity index (χ0n) is 18.8. The molecule has 5 aromatic rings. The van der Waals surface area contributed by atoms with Crippen molar-refractivity contribution in [2.45, 2.75) is 37.3 Å². The Morgan fingerprint density at radius 2 is 1.66 bits per heavy atom. The summed E-state index contributed by atoms with van der Waals surface area (Å²) in [5, 5.41) is 4.55. The molecule has 3 heterocycles. The van der Waals surface area contributed by atoms with Crippen LogP contribution in [0.15, 0.2) is 71.4 Å². The van der Waals surface area contributed by atoms with E-state index in [0.29, 0.717) is 5.71 Å². The predicted octanol–water partition coefficient (Wildman–Crippen LogP) is 5.20. The lowest BCUT2D eigenvalue weighted by atomic mass is 9.43. The SMILES string of the molecule is BC(B)(c1ccnc(-c2cc3ccccc3c3oc4ncccc4c23)c1)C1CCCCC1. The van der Waals surface area contributed by atoms with Crippen molar-refractivity contribution >= 4 is 48.5 Å². The van der Waals surface area contributed by atoms with Crippen molar-refractivity contribution < 1.29 is 4.42 Å². The van der Waals surface area contributed by atoms with E-state index in [1.54, 1.807) is 6.20 Å². The van der Waals surface area contributed by atoms with Gasteiger partial charge in [-0.05, 0) is 41.6 Å². The summed E-state index contributed by atoms with van der Waals surface area (Å²) >= 11 is 0. The first-order valence-electron chi connectivity index (χ1n) is 11.8. The standard InChI is InChI=1S/C27H26B2N2O/c28-27(29,18-8-2-1-3-9-18)19-12-14-30-23(16-19)22-15-17-7-4-5-10-20(17)25-24(22)21-11-6-13-31-26(21)32-25/h4-7,10-16,18H,1-3,8-9,28-29H2. The second-order valence-corrected chi connectivity index (χ2v) is 9.79. The van der Waals surface area contributed by atoms with Gasteiger partial charge in [-0.25, -0.2) is 4.98 Å². The number of pyridine rings is 2. The normalized spacial score (nSPS) is 15.6. The van der Waals surface area contributed by atoms with E-state index in [4.69, 9.17) is 9.40 Å². The molecule has 1 aliphatic rings. The summed E-state index contributed by atoms with van der Waals surface area (Å²) in [5.74, 6) is 0.724. The average molecular weight is 416 g/mol. The van der Waals surface area contributed by atoms with Crippen LogP contribution in [0.5, 0.6) is 0 Å². The van der Waals surface area contributed by atoms with Crippen molar-refractivity contribution in [3.63, 3.8) is 0 Å². The molecule has 32 heavy (non-hydrogen) atoms. The third-order valence-corrected chi connectivity index (χ3v) is 7.65. The van der Waals surface area contributed by atoms with Crippen LogP contribution in [-0.2, 0) is 5.21 Å². The smallest absolute Gasteiger partial charge is 0.227 e. The zero-order chi connectivity index (χ0) is 21.7. The topological polar surface area (TPSA) is 38.9 Å². The maximum absolute atomic E-state index is 6.28. The van der Waals surface area contributed by atoms with E-state index in [1.807, 2.05) is 12.3 Å². The van der Waals surface area contributed by atoms with Gasteiger partial charge in [0.25, 0.3) is 0 Å². The first-order chi connectivity index (χ1) is 15.6. The van der Waals surface area contributed by atoms with Crippen molar-refractivity contribution in [3.8, 4) is 11.3 Å². The molecule has 0 spiro atoms. The third-order valence-electron chi connectivity index (χ3n) is 7.65. The van der Waals surface area contributed by atoms with Crippen LogP contribution in [-0.4, -0.2) is 25.7 Å². The third kappa shape index (κ3) is 3.06. The lowest BCUT2D eigenvalue weighted by Crippen LogP contribution is -2.37. The van der Waals surface area contributed by atoms with Crippen molar-refractivity contribution in [1.82, 2.24) is 9.97 Å². The van der Waals surface area contributed by atoms with Crippen LogP contribution in [0.2, 0.25) is 0 Å². The molecular weight excluding hydrogens is 390 g/mol. The molecule has 3 nitrogen and oxygen atoms in total. The van der Waals surface area contributed by atoms with E-state index < -0.39 is 0 Å². The predicted molar refractivity (Wildman–Crippen MR) is 138 cm³/mol. The Morgan fingerprint density at radius 1 is 0.844 bits per heavy atom. The maximum Gasteiger partial charge on any atom is 0.227 e. The average Bonchev–Trinajstić information content (AvgIpc) is 3.24. The zero-order valence-corrected chi connectivity index (χ0v) is 18.8. The molecule has 0 bridgehead atoms. The quantitative estimate of drug-likeness (QED) is 0.380. The van der Waals surface area contributed by atoms with Gasteiger partial charge in [0.05, 0.1) is 5.69 Å². The largest absolute Gasteiger partial charge is 0.437 e. The van der Waals surface area contributed by atoms with E-state index in [2.05, 4.69) is 69.2 Å². The van der Waals surface area contributed by atoms with Gasteiger partial charge in [-0.3, -0.25) is 4.98 Å². The molecule has 1 saturated carbocycles. The fraction of sp³-hybridized carbons (Fsp3) is 0.259. The van der Waals surface area contributed by atoms with Crippen LogP contribution in [0.4, 0.5) is 0 Å². The molecular formula is C27H26B2N2O. The lowest BCUT2D eigenvalue weighted by molar-refractivity contribution is 0.327. The molecule has 0 saturated heterocycles. The van der Waals surface area contributed by atoms with Gasteiger partial charge in [-0.1, -0.05) is 67.1 Å². The Hall–Kier alpha value is -3.07. The Balaban J connectivity index is 1.59. The van der Waals surface area contributed by atoms with E-state index in [1.165, 1.54) is 37.7 Å². The molecule has 0 N–H and O–H groups in total. The van der Waals surface area contributed by atoms with Gasteiger partial charge < -0.3 is 4.42 Å². The van der Waals surface area contributed by atoms with Crippen LogP contribution in [0.1, 0.15) is 37.7 Å².